The average Bonchev–Trinajstić information content (AvgIpc) is 2.31. The Morgan fingerprint density at radius 1 is 1.61 bits per heavy atom. The van der Waals surface area contributed by atoms with Gasteiger partial charge in [0.15, 0.2) is 0 Å². The summed E-state index contributed by atoms with van der Waals surface area (Å²) in [4.78, 5) is 11.8. The Balaban J connectivity index is 2.90. The first-order chi connectivity index (χ1) is 8.45. The number of rotatable bonds is 5. The second-order valence-electron chi connectivity index (χ2n) is 3.67. The summed E-state index contributed by atoms with van der Waals surface area (Å²) in [6, 6.07) is 5.01. The summed E-state index contributed by atoms with van der Waals surface area (Å²) in [5.74, 6) is -0.311. The zero-order valence-electron chi connectivity index (χ0n) is 10.2. The van der Waals surface area contributed by atoms with Crippen LogP contribution in [0.2, 0.25) is 0 Å². The van der Waals surface area contributed by atoms with Crippen molar-refractivity contribution in [3.05, 3.63) is 28.2 Å². The number of thiocarbonyl (C=S) groups is 1. The van der Waals surface area contributed by atoms with E-state index in [4.69, 9.17) is 22.7 Å². The predicted octanol–water partition coefficient (Wildman–Crippen LogP) is 2.45. The molecule has 0 bridgehead atoms. The van der Waals surface area contributed by atoms with E-state index in [-0.39, 0.29) is 11.0 Å². The molecule has 0 heterocycles. The van der Waals surface area contributed by atoms with E-state index in [9.17, 15) is 4.79 Å². The van der Waals surface area contributed by atoms with E-state index < -0.39 is 6.04 Å². The molecule has 0 radical (unpaired) electrons. The number of benzene rings is 1. The monoisotopic (exact) mass is 330 g/mol. The van der Waals surface area contributed by atoms with Gasteiger partial charge in [-0.2, -0.15) is 0 Å². The van der Waals surface area contributed by atoms with Gasteiger partial charge in [-0.3, -0.25) is 0 Å². The minimum Gasteiger partial charge on any atom is -0.464 e. The minimum atomic E-state index is -0.459. The average molecular weight is 331 g/mol. The molecule has 0 aliphatic carbocycles. The molecule has 6 heteroatoms. The summed E-state index contributed by atoms with van der Waals surface area (Å²) in [5, 5.41) is 3.04. The molecule has 1 aromatic carbocycles. The van der Waals surface area contributed by atoms with Crippen molar-refractivity contribution < 1.29 is 9.53 Å². The lowest BCUT2D eigenvalue weighted by Crippen LogP contribution is -2.29. The summed E-state index contributed by atoms with van der Waals surface area (Å²) in [6.45, 7) is 3.85. The molecule has 0 aliphatic heterocycles. The maximum absolute atomic E-state index is 11.5. The Bertz CT molecular complexity index is 465. The van der Waals surface area contributed by atoms with Gasteiger partial charge in [-0.15, -0.1) is 0 Å². The molecule has 0 fully saturated rings. The minimum absolute atomic E-state index is 0.273. The first-order valence-corrected chi connectivity index (χ1v) is 6.68. The molecule has 3 N–H and O–H groups in total. The molecule has 0 spiro atoms. The Hall–Kier alpha value is -1.14. The summed E-state index contributed by atoms with van der Waals surface area (Å²) >= 11 is 8.33. The highest BCUT2D eigenvalue weighted by Crippen LogP contribution is 2.21. The first kappa shape index (κ1) is 14.9. The maximum Gasteiger partial charge on any atom is 0.328 e. The standard InChI is InChI=1S/C12H15BrN2O2S/c1-3-17-12(16)7(2)15-10-5-4-8(13)6-9(10)11(14)18/h4-7,15H,3H2,1-2H3,(H2,14,18). The Morgan fingerprint density at radius 2 is 2.28 bits per heavy atom. The third-order valence-electron chi connectivity index (χ3n) is 2.26. The Labute approximate surface area is 120 Å². The van der Waals surface area contributed by atoms with Gasteiger partial charge >= 0.3 is 5.97 Å². The normalized spacial score (nSPS) is 11.7. The molecular formula is C12H15BrN2O2S. The summed E-state index contributed by atoms with van der Waals surface area (Å²) in [5.41, 5.74) is 7.05. The smallest absolute Gasteiger partial charge is 0.328 e. The number of esters is 1. The molecule has 0 saturated heterocycles. The molecule has 0 aromatic heterocycles. The maximum atomic E-state index is 11.5. The molecule has 1 atom stereocenters. The molecule has 0 aliphatic rings. The molecular weight excluding hydrogens is 316 g/mol. The molecule has 0 amide bonds. The van der Waals surface area contributed by atoms with Crippen LogP contribution in [0.15, 0.2) is 22.7 Å². The fraction of sp³-hybridized carbons (Fsp3) is 0.333. The number of nitrogens with two attached hydrogens (primary N) is 1. The number of halogens is 1. The molecule has 18 heavy (non-hydrogen) atoms. The molecule has 4 nitrogen and oxygen atoms in total. The second-order valence-corrected chi connectivity index (χ2v) is 5.03. The SMILES string of the molecule is CCOC(=O)C(C)Nc1ccc(Br)cc1C(N)=S. The molecule has 1 aromatic rings. The van der Waals surface area contributed by atoms with Crippen molar-refractivity contribution in [3.63, 3.8) is 0 Å². The lowest BCUT2D eigenvalue weighted by Gasteiger charge is -2.16. The molecule has 98 valence electrons. The van der Waals surface area contributed by atoms with Crippen LogP contribution in [0.1, 0.15) is 19.4 Å². The van der Waals surface area contributed by atoms with Crippen molar-refractivity contribution in [3.8, 4) is 0 Å². The van der Waals surface area contributed by atoms with Gasteiger partial charge in [-0.05, 0) is 32.0 Å². The van der Waals surface area contributed by atoms with Crippen LogP contribution in [-0.2, 0) is 9.53 Å². The van der Waals surface area contributed by atoms with Gasteiger partial charge in [0.1, 0.15) is 11.0 Å². The van der Waals surface area contributed by atoms with Crippen LogP contribution >= 0.6 is 28.1 Å². The zero-order chi connectivity index (χ0) is 13.7. The van der Waals surface area contributed by atoms with Crippen LogP contribution in [-0.4, -0.2) is 23.6 Å². The van der Waals surface area contributed by atoms with E-state index in [0.29, 0.717) is 17.9 Å². The highest BCUT2D eigenvalue weighted by Gasteiger charge is 2.15. The highest BCUT2D eigenvalue weighted by atomic mass is 79.9. The van der Waals surface area contributed by atoms with E-state index in [1.54, 1.807) is 13.8 Å². The van der Waals surface area contributed by atoms with Crippen molar-refractivity contribution in [2.75, 3.05) is 11.9 Å². The van der Waals surface area contributed by atoms with Gasteiger partial charge in [0.05, 0.1) is 6.61 Å². The first-order valence-electron chi connectivity index (χ1n) is 5.48. The van der Waals surface area contributed by atoms with Crippen LogP contribution in [0, 0.1) is 0 Å². The summed E-state index contributed by atoms with van der Waals surface area (Å²) < 4.78 is 5.80. The lowest BCUT2D eigenvalue weighted by molar-refractivity contribution is -0.143. The zero-order valence-corrected chi connectivity index (χ0v) is 12.6. The predicted molar refractivity (Wildman–Crippen MR) is 79.7 cm³/mol. The molecule has 1 unspecified atom stereocenters. The topological polar surface area (TPSA) is 64.3 Å². The van der Waals surface area contributed by atoms with Crippen LogP contribution in [0.25, 0.3) is 0 Å². The largest absolute Gasteiger partial charge is 0.464 e. The lowest BCUT2D eigenvalue weighted by atomic mass is 10.1. The van der Waals surface area contributed by atoms with Crippen LogP contribution in [0.5, 0.6) is 0 Å². The number of hydrogen-bond donors (Lipinski definition) is 2. The third-order valence-corrected chi connectivity index (χ3v) is 2.97. The van der Waals surface area contributed by atoms with E-state index in [2.05, 4.69) is 21.2 Å². The van der Waals surface area contributed by atoms with Gasteiger partial charge in [0.25, 0.3) is 0 Å². The van der Waals surface area contributed by atoms with Gasteiger partial charge in [0.2, 0.25) is 0 Å². The summed E-state index contributed by atoms with van der Waals surface area (Å²) in [6.07, 6.45) is 0. The molecule has 0 saturated carbocycles. The van der Waals surface area contributed by atoms with Crippen molar-refractivity contribution in [1.82, 2.24) is 0 Å². The van der Waals surface area contributed by atoms with Crippen molar-refractivity contribution >= 4 is 44.8 Å². The van der Waals surface area contributed by atoms with Crippen LogP contribution in [0.4, 0.5) is 5.69 Å². The van der Waals surface area contributed by atoms with Crippen molar-refractivity contribution in [1.29, 1.82) is 0 Å². The molecule has 1 rings (SSSR count). The number of anilines is 1. The van der Waals surface area contributed by atoms with Gasteiger partial charge < -0.3 is 15.8 Å². The van der Waals surface area contributed by atoms with Crippen molar-refractivity contribution in [2.45, 2.75) is 19.9 Å². The van der Waals surface area contributed by atoms with Crippen LogP contribution < -0.4 is 11.1 Å². The number of carbonyl (C=O) groups excluding carboxylic acids is 1. The van der Waals surface area contributed by atoms with Crippen LogP contribution in [0.3, 0.4) is 0 Å². The third kappa shape index (κ3) is 3.96. The van der Waals surface area contributed by atoms with E-state index in [1.807, 2.05) is 18.2 Å². The summed E-state index contributed by atoms with van der Waals surface area (Å²) in [7, 11) is 0. The number of carbonyl (C=O) groups is 1. The number of hydrogen-bond acceptors (Lipinski definition) is 4. The van der Waals surface area contributed by atoms with Gasteiger partial charge in [-0.25, -0.2) is 4.79 Å². The van der Waals surface area contributed by atoms with E-state index in [0.717, 1.165) is 4.47 Å². The van der Waals surface area contributed by atoms with E-state index in [1.165, 1.54) is 0 Å². The Kier molecular flexibility index (Phi) is 5.55. The quantitative estimate of drug-likeness (QED) is 0.641. The highest BCUT2D eigenvalue weighted by molar-refractivity contribution is 9.10. The van der Waals surface area contributed by atoms with E-state index >= 15 is 0 Å². The fourth-order valence-corrected chi connectivity index (χ4v) is 1.94. The van der Waals surface area contributed by atoms with Gasteiger partial charge in [-0.1, -0.05) is 28.1 Å². The number of ether oxygens (including phenoxy) is 1. The Morgan fingerprint density at radius 3 is 2.83 bits per heavy atom. The fourth-order valence-electron chi connectivity index (χ4n) is 1.41. The second kappa shape index (κ2) is 6.70. The van der Waals surface area contributed by atoms with Gasteiger partial charge in [0, 0.05) is 15.7 Å². The van der Waals surface area contributed by atoms with Crippen molar-refractivity contribution in [2.24, 2.45) is 5.73 Å². The number of nitrogens with one attached hydrogen (secondary N) is 1.